The topological polar surface area (TPSA) is 27.1 Å². The molecule has 1 aromatic heterocycles. The van der Waals surface area contributed by atoms with Crippen LogP contribution >= 0.6 is 0 Å². The Morgan fingerprint density at radius 3 is 2.87 bits per heavy atom. The van der Waals surface area contributed by atoms with E-state index in [9.17, 15) is 0 Å². The zero-order valence-electron chi connectivity index (χ0n) is 10.1. The third kappa shape index (κ3) is 2.01. The summed E-state index contributed by atoms with van der Waals surface area (Å²) in [7, 11) is 0. The molecule has 0 aliphatic carbocycles. The van der Waals surface area contributed by atoms with E-state index in [0.717, 1.165) is 25.5 Å². The van der Waals surface area contributed by atoms with E-state index in [1.165, 1.54) is 5.56 Å². The van der Waals surface area contributed by atoms with Crippen LogP contribution in [-0.4, -0.2) is 16.4 Å². The molecule has 1 aliphatic heterocycles. The van der Waals surface area contributed by atoms with E-state index in [1.807, 2.05) is 10.9 Å². The number of hydrogen-bond donors (Lipinski definition) is 0. The van der Waals surface area contributed by atoms with Gasteiger partial charge in [-0.3, -0.25) is 0 Å². The van der Waals surface area contributed by atoms with Gasteiger partial charge < -0.3 is 4.74 Å². The minimum absolute atomic E-state index is 0.112. The molecule has 84 valence electrons. The van der Waals surface area contributed by atoms with E-state index in [1.54, 1.807) is 0 Å². The van der Waals surface area contributed by atoms with Crippen molar-refractivity contribution in [3.63, 3.8) is 0 Å². The number of nitrogens with zero attached hydrogens (tertiary/aromatic N) is 2. The quantitative estimate of drug-likeness (QED) is 0.655. The predicted molar refractivity (Wildman–Crippen MR) is 60.2 cm³/mol. The van der Waals surface area contributed by atoms with E-state index in [4.69, 9.17) is 4.74 Å². The second-order valence-corrected chi connectivity index (χ2v) is 5.54. The van der Waals surface area contributed by atoms with Crippen LogP contribution in [0.1, 0.15) is 39.7 Å². The molecular formula is C12H20N2O. The van der Waals surface area contributed by atoms with Crippen LogP contribution in [0.25, 0.3) is 0 Å². The van der Waals surface area contributed by atoms with Gasteiger partial charge in [0.25, 0.3) is 0 Å². The van der Waals surface area contributed by atoms with E-state index in [0.29, 0.717) is 5.92 Å². The molecule has 0 fully saturated rings. The summed E-state index contributed by atoms with van der Waals surface area (Å²) in [6, 6.07) is 0. The second-order valence-electron chi connectivity index (χ2n) is 5.54. The Labute approximate surface area is 91.4 Å². The van der Waals surface area contributed by atoms with Gasteiger partial charge in [-0.1, -0.05) is 27.7 Å². The molecule has 2 rings (SSSR count). The van der Waals surface area contributed by atoms with Crippen molar-refractivity contribution >= 4 is 0 Å². The number of rotatable bonds is 0. The number of fused-ring (bicyclic) bond motifs is 1. The van der Waals surface area contributed by atoms with Crippen molar-refractivity contribution in [2.75, 3.05) is 6.61 Å². The highest BCUT2D eigenvalue weighted by molar-refractivity contribution is 5.31. The summed E-state index contributed by atoms with van der Waals surface area (Å²) in [5.41, 5.74) is 1.33. The highest BCUT2D eigenvalue weighted by Gasteiger charge is 2.25. The van der Waals surface area contributed by atoms with Gasteiger partial charge in [0.15, 0.2) is 0 Å². The van der Waals surface area contributed by atoms with Crippen molar-refractivity contribution in [3.05, 3.63) is 11.8 Å². The van der Waals surface area contributed by atoms with Crippen molar-refractivity contribution in [3.8, 4) is 5.88 Å². The first kappa shape index (κ1) is 10.5. The fraction of sp³-hybridized carbons (Fsp3) is 0.750. The Bertz CT molecular complexity index is 349. The smallest absolute Gasteiger partial charge is 0.215 e. The average molecular weight is 208 g/mol. The van der Waals surface area contributed by atoms with E-state index >= 15 is 0 Å². The zero-order valence-corrected chi connectivity index (χ0v) is 10.1. The minimum atomic E-state index is 0.112. The highest BCUT2D eigenvalue weighted by atomic mass is 16.5. The van der Waals surface area contributed by atoms with Crippen molar-refractivity contribution in [1.82, 2.24) is 9.78 Å². The fourth-order valence-corrected chi connectivity index (χ4v) is 1.85. The standard InChI is InChI=1S/C12H20N2O/c1-9-5-6-14-11(15-8-9)10(7-13-14)12(2,3)4/h7,9H,5-6,8H2,1-4H3/t9-/m1/s1. The van der Waals surface area contributed by atoms with Crippen molar-refractivity contribution in [2.24, 2.45) is 5.92 Å². The van der Waals surface area contributed by atoms with Gasteiger partial charge in [0, 0.05) is 12.1 Å². The fourth-order valence-electron chi connectivity index (χ4n) is 1.85. The molecule has 0 bridgehead atoms. The largest absolute Gasteiger partial charge is 0.477 e. The Balaban J connectivity index is 2.34. The number of ether oxygens (including phenoxy) is 1. The molecule has 1 atom stereocenters. The van der Waals surface area contributed by atoms with E-state index < -0.39 is 0 Å². The summed E-state index contributed by atoms with van der Waals surface area (Å²) in [4.78, 5) is 0. The van der Waals surface area contributed by atoms with Crippen LogP contribution in [0, 0.1) is 5.92 Å². The van der Waals surface area contributed by atoms with Crippen LogP contribution in [0.2, 0.25) is 0 Å². The molecule has 0 amide bonds. The van der Waals surface area contributed by atoms with Crippen LogP contribution < -0.4 is 4.74 Å². The van der Waals surface area contributed by atoms with E-state index in [-0.39, 0.29) is 5.41 Å². The molecular weight excluding hydrogens is 188 g/mol. The molecule has 0 N–H and O–H groups in total. The molecule has 0 saturated heterocycles. The van der Waals surface area contributed by atoms with Crippen LogP contribution in [0.3, 0.4) is 0 Å². The van der Waals surface area contributed by atoms with Crippen LogP contribution in [0.5, 0.6) is 5.88 Å². The molecule has 0 radical (unpaired) electrons. The summed E-state index contributed by atoms with van der Waals surface area (Å²) in [6.07, 6.45) is 3.10. The number of aromatic nitrogens is 2. The normalized spacial score (nSPS) is 21.7. The summed E-state index contributed by atoms with van der Waals surface area (Å²) < 4.78 is 7.86. The maximum atomic E-state index is 5.86. The predicted octanol–water partition coefficient (Wildman–Crippen LogP) is 2.60. The highest BCUT2D eigenvalue weighted by Crippen LogP contribution is 2.33. The van der Waals surface area contributed by atoms with Crippen molar-refractivity contribution in [2.45, 2.75) is 46.1 Å². The Morgan fingerprint density at radius 1 is 1.47 bits per heavy atom. The van der Waals surface area contributed by atoms with Gasteiger partial charge in [-0.2, -0.15) is 5.10 Å². The molecule has 3 nitrogen and oxygen atoms in total. The molecule has 0 unspecified atom stereocenters. The van der Waals surface area contributed by atoms with Gasteiger partial charge in [-0.25, -0.2) is 4.68 Å². The maximum Gasteiger partial charge on any atom is 0.215 e. The van der Waals surface area contributed by atoms with Crippen LogP contribution in [0.4, 0.5) is 0 Å². The monoisotopic (exact) mass is 208 g/mol. The lowest BCUT2D eigenvalue weighted by Crippen LogP contribution is -2.14. The van der Waals surface area contributed by atoms with Crippen LogP contribution in [0.15, 0.2) is 6.20 Å². The molecule has 3 heteroatoms. The molecule has 15 heavy (non-hydrogen) atoms. The van der Waals surface area contributed by atoms with Gasteiger partial charge in [-0.05, 0) is 17.8 Å². The molecule has 0 saturated carbocycles. The van der Waals surface area contributed by atoms with Gasteiger partial charge in [-0.15, -0.1) is 0 Å². The Morgan fingerprint density at radius 2 is 2.20 bits per heavy atom. The molecule has 2 heterocycles. The van der Waals surface area contributed by atoms with Gasteiger partial charge in [0.05, 0.1) is 12.8 Å². The summed E-state index contributed by atoms with van der Waals surface area (Å²) in [5.74, 6) is 1.60. The third-order valence-corrected chi connectivity index (χ3v) is 2.94. The lowest BCUT2D eigenvalue weighted by atomic mass is 9.89. The molecule has 0 spiro atoms. The lowest BCUT2D eigenvalue weighted by Gasteiger charge is -2.18. The van der Waals surface area contributed by atoms with Gasteiger partial charge in [0.2, 0.25) is 5.88 Å². The zero-order chi connectivity index (χ0) is 11.1. The SMILES string of the molecule is C[C@@H]1CCn2ncc(C(C)(C)C)c2OC1. The molecule has 1 aliphatic rings. The second kappa shape index (κ2) is 3.54. The number of aryl methyl sites for hydroxylation is 1. The summed E-state index contributed by atoms with van der Waals surface area (Å²) in [6.45, 7) is 10.6. The Kier molecular flexibility index (Phi) is 2.49. The number of hydrogen-bond acceptors (Lipinski definition) is 2. The molecule has 1 aromatic rings. The maximum absolute atomic E-state index is 5.86. The Hall–Kier alpha value is -0.990. The van der Waals surface area contributed by atoms with Crippen LogP contribution in [-0.2, 0) is 12.0 Å². The van der Waals surface area contributed by atoms with Crippen molar-refractivity contribution < 1.29 is 4.74 Å². The first-order valence-corrected chi connectivity index (χ1v) is 5.67. The summed E-state index contributed by atoms with van der Waals surface area (Å²) in [5, 5.41) is 4.41. The first-order chi connectivity index (χ1) is 6.98. The lowest BCUT2D eigenvalue weighted by molar-refractivity contribution is 0.255. The average Bonchev–Trinajstić information content (AvgIpc) is 2.46. The molecule has 0 aromatic carbocycles. The van der Waals surface area contributed by atoms with Gasteiger partial charge >= 0.3 is 0 Å². The summed E-state index contributed by atoms with van der Waals surface area (Å²) >= 11 is 0. The van der Waals surface area contributed by atoms with Gasteiger partial charge in [0.1, 0.15) is 0 Å². The minimum Gasteiger partial charge on any atom is -0.477 e. The first-order valence-electron chi connectivity index (χ1n) is 5.67. The van der Waals surface area contributed by atoms with E-state index in [2.05, 4.69) is 32.8 Å². The van der Waals surface area contributed by atoms with Crippen molar-refractivity contribution in [1.29, 1.82) is 0 Å². The third-order valence-electron chi connectivity index (χ3n) is 2.94.